The molecule has 0 aliphatic rings. The zero-order chi connectivity index (χ0) is 11.3. The number of nitrogens with two attached hydrogens (primary N) is 1. The average Bonchev–Trinajstić information content (AvgIpc) is 2.26. The molecule has 1 rings (SSSR count). The zero-order valence-electron chi connectivity index (χ0n) is 8.19. The number of rotatable bonds is 5. The number of ether oxygens (including phenoxy) is 1. The van der Waals surface area contributed by atoms with Crippen LogP contribution in [-0.4, -0.2) is 29.5 Å². The maximum absolute atomic E-state index is 9.12. The van der Waals surface area contributed by atoms with Gasteiger partial charge in [-0.15, -0.1) is 0 Å². The Morgan fingerprint density at radius 2 is 2.20 bits per heavy atom. The van der Waals surface area contributed by atoms with E-state index in [1.807, 2.05) is 0 Å². The van der Waals surface area contributed by atoms with Crippen LogP contribution in [0.15, 0.2) is 18.2 Å². The van der Waals surface area contributed by atoms with Gasteiger partial charge < -0.3 is 20.7 Å². The van der Waals surface area contributed by atoms with E-state index >= 15 is 0 Å². The minimum atomic E-state index is -0.910. The van der Waals surface area contributed by atoms with Crippen LogP contribution in [0.3, 0.4) is 0 Å². The highest BCUT2D eigenvalue weighted by Crippen LogP contribution is 2.28. The zero-order valence-corrected chi connectivity index (χ0v) is 8.94. The van der Waals surface area contributed by atoms with Gasteiger partial charge in [0.25, 0.3) is 0 Å². The second-order valence-electron chi connectivity index (χ2n) is 3.08. The molecule has 15 heavy (non-hydrogen) atoms. The largest absolute Gasteiger partial charge is 0.489 e. The standard InChI is InChI=1S/C10H14ClNO3/c11-9-3-1-2-7(4-12)10(9)15-6-8(14)5-13/h1-3,8,13-14H,4-6,12H2. The Morgan fingerprint density at radius 3 is 2.80 bits per heavy atom. The fourth-order valence-electron chi connectivity index (χ4n) is 1.11. The summed E-state index contributed by atoms with van der Waals surface area (Å²) in [7, 11) is 0. The second-order valence-corrected chi connectivity index (χ2v) is 3.49. The van der Waals surface area contributed by atoms with Gasteiger partial charge in [-0.2, -0.15) is 0 Å². The molecule has 0 spiro atoms. The Morgan fingerprint density at radius 1 is 1.47 bits per heavy atom. The van der Waals surface area contributed by atoms with Crippen LogP contribution < -0.4 is 10.5 Å². The SMILES string of the molecule is NCc1cccc(Cl)c1OCC(O)CO. The summed E-state index contributed by atoms with van der Waals surface area (Å²) in [5.41, 5.74) is 6.28. The van der Waals surface area contributed by atoms with Crippen molar-refractivity contribution in [2.45, 2.75) is 12.6 Å². The monoisotopic (exact) mass is 231 g/mol. The van der Waals surface area contributed by atoms with Gasteiger partial charge in [0.05, 0.1) is 11.6 Å². The summed E-state index contributed by atoms with van der Waals surface area (Å²) in [6.07, 6.45) is -0.910. The van der Waals surface area contributed by atoms with Gasteiger partial charge in [0.2, 0.25) is 0 Å². The van der Waals surface area contributed by atoms with Gasteiger partial charge in [-0.05, 0) is 6.07 Å². The second kappa shape index (κ2) is 5.92. The molecule has 1 aromatic carbocycles. The van der Waals surface area contributed by atoms with Crippen LogP contribution in [0.1, 0.15) is 5.56 Å². The van der Waals surface area contributed by atoms with Gasteiger partial charge in [0.1, 0.15) is 18.5 Å². The third-order valence-corrected chi connectivity index (χ3v) is 2.20. The molecule has 1 unspecified atom stereocenters. The Labute approximate surface area is 93.2 Å². The minimum Gasteiger partial charge on any atom is -0.489 e. The molecule has 0 heterocycles. The predicted octanol–water partition coefficient (Wildman–Crippen LogP) is 0.531. The molecule has 84 valence electrons. The summed E-state index contributed by atoms with van der Waals surface area (Å²) in [6.45, 7) is -0.0409. The average molecular weight is 232 g/mol. The maximum atomic E-state index is 9.12. The minimum absolute atomic E-state index is 0.00671. The van der Waals surface area contributed by atoms with Crippen molar-refractivity contribution in [1.82, 2.24) is 0 Å². The topological polar surface area (TPSA) is 75.7 Å². The highest BCUT2D eigenvalue weighted by molar-refractivity contribution is 6.32. The van der Waals surface area contributed by atoms with Gasteiger partial charge in [-0.1, -0.05) is 23.7 Å². The molecule has 1 atom stereocenters. The normalized spacial score (nSPS) is 12.5. The van der Waals surface area contributed by atoms with E-state index in [2.05, 4.69) is 0 Å². The van der Waals surface area contributed by atoms with E-state index in [9.17, 15) is 0 Å². The first-order chi connectivity index (χ1) is 7.19. The molecule has 0 aliphatic carbocycles. The first kappa shape index (κ1) is 12.3. The third-order valence-electron chi connectivity index (χ3n) is 1.90. The number of hydrogen-bond acceptors (Lipinski definition) is 4. The quantitative estimate of drug-likeness (QED) is 0.691. The van der Waals surface area contributed by atoms with Crippen molar-refractivity contribution in [2.24, 2.45) is 5.73 Å². The summed E-state index contributed by atoms with van der Waals surface area (Å²) in [4.78, 5) is 0. The Bertz CT molecular complexity index is 320. The van der Waals surface area contributed by atoms with Crippen LogP contribution in [-0.2, 0) is 6.54 Å². The van der Waals surface area contributed by atoms with E-state index in [0.717, 1.165) is 5.56 Å². The van der Waals surface area contributed by atoms with E-state index < -0.39 is 6.10 Å². The molecule has 1 aromatic rings. The molecule has 0 saturated carbocycles. The molecule has 4 N–H and O–H groups in total. The van der Waals surface area contributed by atoms with Crippen molar-refractivity contribution in [1.29, 1.82) is 0 Å². The first-order valence-corrected chi connectivity index (χ1v) is 4.96. The van der Waals surface area contributed by atoms with E-state index in [0.29, 0.717) is 17.3 Å². The van der Waals surface area contributed by atoms with Crippen molar-refractivity contribution in [3.63, 3.8) is 0 Å². The summed E-state index contributed by atoms with van der Waals surface area (Å²) < 4.78 is 5.29. The van der Waals surface area contributed by atoms with Crippen molar-refractivity contribution in [3.8, 4) is 5.75 Å². The number of aliphatic hydroxyl groups excluding tert-OH is 2. The first-order valence-electron chi connectivity index (χ1n) is 4.58. The number of halogens is 1. The smallest absolute Gasteiger partial charge is 0.142 e. The third kappa shape index (κ3) is 3.35. The highest BCUT2D eigenvalue weighted by Gasteiger charge is 2.09. The maximum Gasteiger partial charge on any atom is 0.142 e. The van der Waals surface area contributed by atoms with E-state index in [4.69, 9.17) is 32.3 Å². The van der Waals surface area contributed by atoms with Gasteiger partial charge in [-0.25, -0.2) is 0 Å². The van der Waals surface area contributed by atoms with Gasteiger partial charge in [0.15, 0.2) is 0 Å². The van der Waals surface area contributed by atoms with E-state index in [-0.39, 0.29) is 13.2 Å². The van der Waals surface area contributed by atoms with Crippen LogP contribution >= 0.6 is 11.6 Å². The van der Waals surface area contributed by atoms with Crippen LogP contribution in [0.2, 0.25) is 5.02 Å². The van der Waals surface area contributed by atoms with Crippen LogP contribution in [0.4, 0.5) is 0 Å². The summed E-state index contributed by atoms with van der Waals surface area (Å²) in [5, 5.41) is 18.2. The number of hydrogen-bond donors (Lipinski definition) is 3. The molecule has 0 saturated heterocycles. The van der Waals surface area contributed by atoms with Crippen molar-refractivity contribution in [2.75, 3.05) is 13.2 Å². The molecular formula is C10H14ClNO3. The molecule has 0 bridgehead atoms. The van der Waals surface area contributed by atoms with Crippen LogP contribution in [0.5, 0.6) is 5.75 Å². The lowest BCUT2D eigenvalue weighted by molar-refractivity contribution is 0.0533. The summed E-state index contributed by atoms with van der Waals surface area (Å²) in [5.74, 6) is 0.467. The van der Waals surface area contributed by atoms with Gasteiger partial charge in [-0.3, -0.25) is 0 Å². The Balaban J connectivity index is 2.74. The fourth-order valence-corrected chi connectivity index (χ4v) is 1.36. The Hall–Kier alpha value is -0.810. The lowest BCUT2D eigenvalue weighted by atomic mass is 10.2. The molecule has 0 fully saturated rings. The molecule has 0 aliphatic heterocycles. The summed E-state index contributed by atoms with van der Waals surface area (Å²) in [6, 6.07) is 5.26. The molecule has 0 radical (unpaired) electrons. The molecule has 0 amide bonds. The number of para-hydroxylation sites is 1. The lowest BCUT2D eigenvalue weighted by Crippen LogP contribution is -2.22. The van der Waals surface area contributed by atoms with Crippen LogP contribution in [0.25, 0.3) is 0 Å². The number of benzene rings is 1. The van der Waals surface area contributed by atoms with Gasteiger partial charge in [0, 0.05) is 12.1 Å². The molecule has 5 heteroatoms. The predicted molar refractivity (Wildman–Crippen MR) is 57.9 cm³/mol. The van der Waals surface area contributed by atoms with E-state index in [1.165, 1.54) is 0 Å². The Kier molecular flexibility index (Phi) is 4.84. The van der Waals surface area contributed by atoms with Crippen molar-refractivity contribution < 1.29 is 14.9 Å². The van der Waals surface area contributed by atoms with Crippen molar-refractivity contribution >= 4 is 11.6 Å². The van der Waals surface area contributed by atoms with Gasteiger partial charge >= 0.3 is 0 Å². The van der Waals surface area contributed by atoms with Crippen LogP contribution in [0, 0.1) is 0 Å². The fraction of sp³-hybridized carbons (Fsp3) is 0.400. The van der Waals surface area contributed by atoms with Crippen molar-refractivity contribution in [3.05, 3.63) is 28.8 Å². The van der Waals surface area contributed by atoms with E-state index in [1.54, 1.807) is 18.2 Å². The lowest BCUT2D eigenvalue weighted by Gasteiger charge is -2.14. The molecule has 0 aromatic heterocycles. The number of aliphatic hydroxyl groups is 2. The molecular weight excluding hydrogens is 218 g/mol. The molecule has 4 nitrogen and oxygen atoms in total. The summed E-state index contributed by atoms with van der Waals surface area (Å²) >= 11 is 5.91. The highest BCUT2D eigenvalue weighted by atomic mass is 35.5.